The number of amides is 1. The highest BCUT2D eigenvalue weighted by Gasteiger charge is 2.24. The molecule has 0 saturated heterocycles. The van der Waals surface area contributed by atoms with E-state index in [-0.39, 0.29) is 16.1 Å². The van der Waals surface area contributed by atoms with Gasteiger partial charge in [0.15, 0.2) is 0 Å². The van der Waals surface area contributed by atoms with Crippen molar-refractivity contribution in [2.24, 2.45) is 0 Å². The molecule has 0 aliphatic heterocycles. The summed E-state index contributed by atoms with van der Waals surface area (Å²) in [7, 11) is -3.93. The van der Waals surface area contributed by atoms with E-state index in [1.807, 2.05) is 19.9 Å². The number of anilines is 2. The minimum absolute atomic E-state index is 0.157. The molecule has 0 spiro atoms. The fraction of sp³-hybridized carbons (Fsp3) is 0.174. The lowest BCUT2D eigenvalue weighted by Gasteiger charge is -2.18. The highest BCUT2D eigenvalue weighted by molar-refractivity contribution is 7.92. The molecule has 0 atom stereocenters. The summed E-state index contributed by atoms with van der Waals surface area (Å²) in [6.45, 7) is 7.27. The number of rotatable bonds is 5. The van der Waals surface area contributed by atoms with Crippen molar-refractivity contribution >= 4 is 27.3 Å². The second-order valence-electron chi connectivity index (χ2n) is 7.20. The van der Waals surface area contributed by atoms with E-state index in [0.29, 0.717) is 16.8 Å². The van der Waals surface area contributed by atoms with Crippen molar-refractivity contribution in [3.05, 3.63) is 88.2 Å². The molecule has 7 heteroatoms. The van der Waals surface area contributed by atoms with Crippen LogP contribution < -0.4 is 10.0 Å². The summed E-state index contributed by atoms with van der Waals surface area (Å²) < 4.78 is 42.1. The number of halogens is 1. The third kappa shape index (κ3) is 4.36. The maximum Gasteiger partial charge on any atom is 0.262 e. The minimum atomic E-state index is -3.93. The van der Waals surface area contributed by atoms with Crippen molar-refractivity contribution in [1.82, 2.24) is 0 Å². The number of aryl methyl sites for hydroxylation is 2. The van der Waals surface area contributed by atoms with Gasteiger partial charge in [0, 0.05) is 5.69 Å². The zero-order valence-electron chi connectivity index (χ0n) is 17.2. The average molecular weight is 427 g/mol. The number of sulfonamides is 1. The molecule has 5 nitrogen and oxygen atoms in total. The first-order chi connectivity index (χ1) is 14.1. The summed E-state index contributed by atoms with van der Waals surface area (Å²) in [4.78, 5) is 13.0. The molecule has 156 valence electrons. The van der Waals surface area contributed by atoms with Crippen LogP contribution in [0.3, 0.4) is 0 Å². The van der Waals surface area contributed by atoms with Gasteiger partial charge in [-0.25, -0.2) is 12.8 Å². The molecular weight excluding hydrogens is 403 g/mol. The lowest BCUT2D eigenvalue weighted by Crippen LogP contribution is -2.20. The zero-order chi connectivity index (χ0) is 22.1. The molecule has 1 amide bonds. The summed E-state index contributed by atoms with van der Waals surface area (Å²) in [5, 5.41) is 2.65. The summed E-state index contributed by atoms with van der Waals surface area (Å²) in [5.41, 5.74) is 3.81. The average Bonchev–Trinajstić information content (AvgIpc) is 2.68. The monoisotopic (exact) mass is 426 g/mol. The van der Waals surface area contributed by atoms with Crippen molar-refractivity contribution in [1.29, 1.82) is 0 Å². The standard InChI is InChI=1S/C23H23FN2O3S/c1-14-13-15(2)17(4)22(16(14)3)30(28,29)26-21-8-6-5-7-20(21)23(27)25-19-11-9-18(24)10-12-19/h5-13,26H,1-4H3,(H,25,27). The number of carbonyl (C=O) groups excluding carboxylic acids is 1. The Kier molecular flexibility index (Phi) is 5.94. The van der Waals surface area contributed by atoms with Gasteiger partial charge in [0.05, 0.1) is 16.1 Å². The zero-order valence-corrected chi connectivity index (χ0v) is 18.0. The second kappa shape index (κ2) is 8.28. The molecule has 0 radical (unpaired) electrons. The van der Waals surface area contributed by atoms with Gasteiger partial charge in [0.2, 0.25) is 0 Å². The second-order valence-corrected chi connectivity index (χ2v) is 8.82. The van der Waals surface area contributed by atoms with Crippen LogP contribution in [-0.2, 0) is 10.0 Å². The van der Waals surface area contributed by atoms with Crippen molar-refractivity contribution < 1.29 is 17.6 Å². The lowest BCUT2D eigenvalue weighted by atomic mass is 10.0. The highest BCUT2D eigenvalue weighted by Crippen LogP contribution is 2.29. The molecule has 2 N–H and O–H groups in total. The number of carbonyl (C=O) groups is 1. The van der Waals surface area contributed by atoms with Crippen LogP contribution in [0.2, 0.25) is 0 Å². The quantitative estimate of drug-likeness (QED) is 0.595. The van der Waals surface area contributed by atoms with Crippen molar-refractivity contribution in [3.8, 4) is 0 Å². The van der Waals surface area contributed by atoms with Crippen LogP contribution in [-0.4, -0.2) is 14.3 Å². The molecule has 0 aliphatic rings. The normalized spacial score (nSPS) is 11.2. The van der Waals surface area contributed by atoms with E-state index in [9.17, 15) is 17.6 Å². The summed E-state index contributed by atoms with van der Waals surface area (Å²) in [6, 6.07) is 13.6. The molecule has 0 aromatic heterocycles. The van der Waals surface area contributed by atoms with Gasteiger partial charge in [-0.1, -0.05) is 18.2 Å². The first kappa shape index (κ1) is 21.5. The lowest BCUT2D eigenvalue weighted by molar-refractivity contribution is 0.102. The van der Waals surface area contributed by atoms with Crippen molar-refractivity contribution in [2.75, 3.05) is 10.0 Å². The maximum absolute atomic E-state index is 13.2. The first-order valence-corrected chi connectivity index (χ1v) is 10.8. The van der Waals surface area contributed by atoms with Crippen LogP contribution in [0.25, 0.3) is 0 Å². The van der Waals surface area contributed by atoms with Crippen molar-refractivity contribution in [3.63, 3.8) is 0 Å². The molecule has 0 aliphatic carbocycles. The molecule has 0 bridgehead atoms. The molecule has 0 saturated carbocycles. The Labute approximate surface area is 176 Å². The van der Waals surface area contributed by atoms with Crippen LogP contribution in [0.4, 0.5) is 15.8 Å². The number of hydrogen-bond acceptors (Lipinski definition) is 3. The smallest absolute Gasteiger partial charge is 0.262 e. The number of benzene rings is 3. The summed E-state index contributed by atoms with van der Waals surface area (Å²) in [5.74, 6) is -0.922. The van der Waals surface area contributed by atoms with Gasteiger partial charge in [0.1, 0.15) is 5.82 Å². The Bertz CT molecular complexity index is 1190. The third-order valence-electron chi connectivity index (χ3n) is 5.08. The molecule has 0 fully saturated rings. The number of para-hydroxylation sites is 1. The largest absolute Gasteiger partial charge is 0.322 e. The van der Waals surface area contributed by atoms with Crippen molar-refractivity contribution in [2.45, 2.75) is 32.6 Å². The highest BCUT2D eigenvalue weighted by atomic mass is 32.2. The van der Waals surface area contributed by atoms with E-state index >= 15 is 0 Å². The predicted molar refractivity (Wildman–Crippen MR) is 117 cm³/mol. The molecule has 0 heterocycles. The van der Waals surface area contributed by atoms with E-state index < -0.39 is 21.7 Å². The Balaban J connectivity index is 1.97. The van der Waals surface area contributed by atoms with Gasteiger partial charge < -0.3 is 5.32 Å². The van der Waals surface area contributed by atoms with Gasteiger partial charge in [-0.15, -0.1) is 0 Å². The van der Waals surface area contributed by atoms with E-state index in [0.717, 1.165) is 11.1 Å². The molecule has 3 rings (SSSR count). The minimum Gasteiger partial charge on any atom is -0.322 e. The van der Waals surface area contributed by atoms with Gasteiger partial charge in [-0.3, -0.25) is 9.52 Å². The Morgan fingerprint density at radius 3 is 2.03 bits per heavy atom. The van der Waals surface area contributed by atoms with E-state index in [1.165, 1.54) is 36.4 Å². The fourth-order valence-electron chi connectivity index (χ4n) is 3.28. The summed E-state index contributed by atoms with van der Waals surface area (Å²) in [6.07, 6.45) is 0. The third-order valence-corrected chi connectivity index (χ3v) is 6.72. The van der Waals surface area contributed by atoms with Crippen LogP contribution in [0.1, 0.15) is 32.6 Å². The Morgan fingerprint density at radius 1 is 0.867 bits per heavy atom. The molecule has 3 aromatic carbocycles. The molecule has 3 aromatic rings. The SMILES string of the molecule is Cc1cc(C)c(C)c(S(=O)(=O)Nc2ccccc2C(=O)Nc2ccc(F)cc2)c1C. The van der Waals surface area contributed by atoms with E-state index in [4.69, 9.17) is 0 Å². The van der Waals surface area contributed by atoms with Gasteiger partial charge in [-0.05, 0) is 86.3 Å². The van der Waals surface area contributed by atoms with Gasteiger partial charge >= 0.3 is 0 Å². The predicted octanol–water partition coefficient (Wildman–Crippen LogP) is 5.11. The van der Waals surface area contributed by atoms with Crippen LogP contribution in [0, 0.1) is 33.5 Å². The summed E-state index contributed by atoms with van der Waals surface area (Å²) >= 11 is 0. The van der Waals surface area contributed by atoms with Crippen LogP contribution in [0.15, 0.2) is 59.5 Å². The van der Waals surface area contributed by atoms with Crippen LogP contribution in [0.5, 0.6) is 0 Å². The van der Waals surface area contributed by atoms with E-state index in [1.54, 1.807) is 26.0 Å². The fourth-order valence-corrected chi connectivity index (χ4v) is 4.98. The van der Waals surface area contributed by atoms with Gasteiger partial charge in [-0.2, -0.15) is 0 Å². The molecule has 0 unspecified atom stereocenters. The molecule has 30 heavy (non-hydrogen) atoms. The van der Waals surface area contributed by atoms with E-state index in [2.05, 4.69) is 10.0 Å². The number of hydrogen-bond donors (Lipinski definition) is 2. The van der Waals surface area contributed by atoms with Gasteiger partial charge in [0.25, 0.3) is 15.9 Å². The Morgan fingerprint density at radius 2 is 1.43 bits per heavy atom. The Hall–Kier alpha value is -3.19. The first-order valence-electron chi connectivity index (χ1n) is 9.36. The maximum atomic E-state index is 13.2. The number of nitrogens with one attached hydrogen (secondary N) is 2. The topological polar surface area (TPSA) is 75.3 Å². The van der Waals surface area contributed by atoms with Crippen LogP contribution >= 0.6 is 0 Å². The molecular formula is C23H23FN2O3S.